The van der Waals surface area contributed by atoms with Crippen LogP contribution in [0.5, 0.6) is 0 Å². The van der Waals surface area contributed by atoms with E-state index in [2.05, 4.69) is 0 Å². The third-order valence-electron chi connectivity index (χ3n) is 4.96. The number of carbonyl (C=O) groups is 1. The van der Waals surface area contributed by atoms with Gasteiger partial charge in [-0.25, -0.2) is 0 Å². The summed E-state index contributed by atoms with van der Waals surface area (Å²) in [5.41, 5.74) is 4.25. The highest BCUT2D eigenvalue weighted by molar-refractivity contribution is 6.36. The summed E-state index contributed by atoms with van der Waals surface area (Å²) >= 11 is 12.8. The van der Waals surface area contributed by atoms with Crippen LogP contribution in [-0.2, 0) is 12.8 Å². The van der Waals surface area contributed by atoms with E-state index in [9.17, 15) is 4.79 Å². The third-order valence-corrected chi connectivity index (χ3v) is 5.71. The van der Waals surface area contributed by atoms with Crippen molar-refractivity contribution in [1.82, 2.24) is 4.98 Å². The molecule has 0 spiro atoms. The van der Waals surface area contributed by atoms with Gasteiger partial charge in [0.05, 0.1) is 21.2 Å². The van der Waals surface area contributed by atoms with Crippen molar-refractivity contribution in [3.8, 4) is 0 Å². The van der Waals surface area contributed by atoms with Crippen LogP contribution in [0.3, 0.4) is 0 Å². The minimum atomic E-state index is -0.129. The first-order chi connectivity index (χ1) is 12.6. The molecule has 1 aromatic heterocycles. The molecule has 1 aliphatic carbocycles. The summed E-state index contributed by atoms with van der Waals surface area (Å²) in [7, 11) is 1.72. The van der Waals surface area contributed by atoms with Crippen LogP contribution in [0.15, 0.2) is 42.5 Å². The number of para-hydroxylation sites is 1. The largest absolute Gasteiger partial charge is 0.310 e. The Kier molecular flexibility index (Phi) is 4.60. The number of carbonyl (C=O) groups excluding carboxylic acids is 1. The topological polar surface area (TPSA) is 33.2 Å². The van der Waals surface area contributed by atoms with Crippen molar-refractivity contribution < 1.29 is 4.79 Å². The summed E-state index contributed by atoms with van der Waals surface area (Å²) in [5.74, 6) is -0.129. The van der Waals surface area contributed by atoms with E-state index in [4.69, 9.17) is 28.2 Å². The molecule has 1 heterocycles. The molecule has 0 unspecified atom stereocenters. The Morgan fingerprint density at radius 1 is 1.08 bits per heavy atom. The molecule has 26 heavy (non-hydrogen) atoms. The van der Waals surface area contributed by atoms with Crippen LogP contribution in [0.2, 0.25) is 10.0 Å². The summed E-state index contributed by atoms with van der Waals surface area (Å²) < 4.78 is 0. The van der Waals surface area contributed by atoms with E-state index in [1.165, 1.54) is 0 Å². The standard InChI is InChI=1S/C21H18Cl2N2O/c1-25(19-9-5-3-7-16(19)22)21(26)13-10-11-15-18(12-13)24-17-8-4-2-6-14(17)20(15)23/h3,5,7,9-12H,2,4,6,8H2,1H3. The Balaban J connectivity index is 1.75. The van der Waals surface area contributed by atoms with Crippen molar-refractivity contribution in [2.75, 3.05) is 11.9 Å². The number of aromatic nitrogens is 1. The van der Waals surface area contributed by atoms with Crippen LogP contribution in [0.25, 0.3) is 10.9 Å². The zero-order valence-electron chi connectivity index (χ0n) is 14.4. The van der Waals surface area contributed by atoms with Crippen LogP contribution in [0.1, 0.15) is 34.5 Å². The van der Waals surface area contributed by atoms with Gasteiger partial charge in [0.25, 0.3) is 5.91 Å². The van der Waals surface area contributed by atoms with E-state index in [1.54, 1.807) is 24.1 Å². The number of hydrogen-bond donors (Lipinski definition) is 0. The second-order valence-corrected chi connectivity index (χ2v) is 7.39. The molecule has 0 bridgehead atoms. The third kappa shape index (κ3) is 2.95. The summed E-state index contributed by atoms with van der Waals surface area (Å²) in [6.07, 6.45) is 4.21. The van der Waals surface area contributed by atoms with E-state index in [1.807, 2.05) is 30.3 Å². The van der Waals surface area contributed by atoms with Crippen molar-refractivity contribution in [1.29, 1.82) is 0 Å². The Morgan fingerprint density at radius 2 is 1.85 bits per heavy atom. The highest BCUT2D eigenvalue weighted by atomic mass is 35.5. The smallest absolute Gasteiger partial charge is 0.258 e. The van der Waals surface area contributed by atoms with Gasteiger partial charge in [0.1, 0.15) is 0 Å². The Morgan fingerprint density at radius 3 is 2.65 bits per heavy atom. The number of pyridine rings is 1. The lowest BCUT2D eigenvalue weighted by Crippen LogP contribution is -2.26. The van der Waals surface area contributed by atoms with Crippen molar-refractivity contribution in [3.05, 3.63) is 69.3 Å². The highest BCUT2D eigenvalue weighted by Gasteiger charge is 2.20. The van der Waals surface area contributed by atoms with Crippen LogP contribution < -0.4 is 4.90 Å². The monoisotopic (exact) mass is 384 g/mol. The van der Waals surface area contributed by atoms with Crippen LogP contribution in [0.4, 0.5) is 5.69 Å². The predicted octanol–water partition coefficient (Wildman–Crippen LogP) is 5.70. The molecular weight excluding hydrogens is 367 g/mol. The number of anilines is 1. The lowest BCUT2D eigenvalue weighted by atomic mass is 9.94. The lowest BCUT2D eigenvalue weighted by molar-refractivity contribution is 0.0993. The van der Waals surface area contributed by atoms with Crippen molar-refractivity contribution in [2.45, 2.75) is 25.7 Å². The minimum Gasteiger partial charge on any atom is -0.310 e. The molecular formula is C21H18Cl2N2O. The molecule has 2 aromatic carbocycles. The first kappa shape index (κ1) is 17.3. The van der Waals surface area contributed by atoms with Gasteiger partial charge in [-0.05, 0) is 55.5 Å². The zero-order chi connectivity index (χ0) is 18.3. The average molecular weight is 385 g/mol. The second kappa shape index (κ2) is 6.90. The SMILES string of the molecule is CN(C(=O)c1ccc2c(Cl)c3c(nc2c1)CCCC3)c1ccccc1Cl. The molecule has 0 aliphatic heterocycles. The van der Waals surface area contributed by atoms with Gasteiger partial charge in [-0.15, -0.1) is 0 Å². The number of halogens is 2. The lowest BCUT2D eigenvalue weighted by Gasteiger charge is -2.20. The molecule has 0 radical (unpaired) electrons. The minimum absolute atomic E-state index is 0.129. The van der Waals surface area contributed by atoms with Gasteiger partial charge in [-0.1, -0.05) is 41.4 Å². The molecule has 0 N–H and O–H groups in total. The Bertz CT molecular complexity index is 1020. The number of hydrogen-bond acceptors (Lipinski definition) is 2. The normalized spacial score (nSPS) is 13.5. The molecule has 1 aliphatic rings. The fourth-order valence-electron chi connectivity index (χ4n) is 3.53. The van der Waals surface area contributed by atoms with Crippen molar-refractivity contribution >= 4 is 45.7 Å². The molecule has 4 rings (SSSR count). The van der Waals surface area contributed by atoms with E-state index in [-0.39, 0.29) is 5.91 Å². The molecule has 0 saturated heterocycles. The van der Waals surface area contributed by atoms with Gasteiger partial charge >= 0.3 is 0 Å². The van der Waals surface area contributed by atoms with Crippen molar-refractivity contribution in [3.63, 3.8) is 0 Å². The molecule has 1 amide bonds. The van der Waals surface area contributed by atoms with Gasteiger partial charge in [-0.2, -0.15) is 0 Å². The Hall–Kier alpha value is -2.10. The highest BCUT2D eigenvalue weighted by Crippen LogP contribution is 2.33. The zero-order valence-corrected chi connectivity index (χ0v) is 15.9. The molecule has 0 fully saturated rings. The maximum atomic E-state index is 12.9. The summed E-state index contributed by atoms with van der Waals surface area (Å²) in [4.78, 5) is 19.3. The number of amides is 1. The van der Waals surface area contributed by atoms with Crippen LogP contribution >= 0.6 is 23.2 Å². The molecule has 3 aromatic rings. The number of benzene rings is 2. The summed E-state index contributed by atoms with van der Waals surface area (Å²) in [6, 6.07) is 12.8. The van der Waals surface area contributed by atoms with Gasteiger partial charge in [0.15, 0.2) is 0 Å². The molecule has 132 valence electrons. The van der Waals surface area contributed by atoms with E-state index in [0.29, 0.717) is 16.3 Å². The fourth-order valence-corrected chi connectivity index (χ4v) is 4.15. The number of nitrogens with zero attached hydrogens (tertiary/aromatic N) is 2. The molecule has 5 heteroatoms. The van der Waals surface area contributed by atoms with Gasteiger partial charge in [0, 0.05) is 23.7 Å². The molecule has 0 atom stereocenters. The van der Waals surface area contributed by atoms with Crippen LogP contribution in [-0.4, -0.2) is 17.9 Å². The number of rotatable bonds is 2. The van der Waals surface area contributed by atoms with Crippen molar-refractivity contribution in [2.24, 2.45) is 0 Å². The number of fused-ring (bicyclic) bond motifs is 2. The average Bonchev–Trinajstić information content (AvgIpc) is 2.67. The van der Waals surface area contributed by atoms with E-state index < -0.39 is 0 Å². The molecule has 3 nitrogen and oxygen atoms in total. The predicted molar refractivity (Wildman–Crippen MR) is 108 cm³/mol. The Labute approximate surface area is 162 Å². The fraction of sp³-hybridized carbons (Fsp3) is 0.238. The van der Waals surface area contributed by atoms with Gasteiger partial charge < -0.3 is 4.90 Å². The van der Waals surface area contributed by atoms with Gasteiger partial charge in [-0.3, -0.25) is 9.78 Å². The molecule has 0 saturated carbocycles. The summed E-state index contributed by atoms with van der Waals surface area (Å²) in [6.45, 7) is 0. The van der Waals surface area contributed by atoms with E-state index >= 15 is 0 Å². The van der Waals surface area contributed by atoms with Crippen LogP contribution in [0, 0.1) is 0 Å². The maximum Gasteiger partial charge on any atom is 0.258 e. The number of aryl methyl sites for hydroxylation is 1. The second-order valence-electron chi connectivity index (χ2n) is 6.61. The quantitative estimate of drug-likeness (QED) is 0.567. The first-order valence-electron chi connectivity index (χ1n) is 8.70. The van der Waals surface area contributed by atoms with Gasteiger partial charge in [0.2, 0.25) is 0 Å². The first-order valence-corrected chi connectivity index (χ1v) is 9.45. The van der Waals surface area contributed by atoms with E-state index in [0.717, 1.165) is 52.9 Å². The summed E-state index contributed by atoms with van der Waals surface area (Å²) in [5, 5.41) is 2.23. The maximum absolute atomic E-state index is 12.9.